The summed E-state index contributed by atoms with van der Waals surface area (Å²) in [4.78, 5) is 0. The van der Waals surface area contributed by atoms with Gasteiger partial charge in [-0.2, -0.15) is 0 Å². The number of ether oxygens (including phenoxy) is 1. The van der Waals surface area contributed by atoms with E-state index < -0.39 is 0 Å². The zero-order chi connectivity index (χ0) is 18.2. The Hall–Kier alpha value is -3.32. The molecule has 0 aromatic heterocycles. The molecule has 0 bridgehead atoms. The third kappa shape index (κ3) is 2.55. The molecule has 1 aliphatic carbocycles. The van der Waals surface area contributed by atoms with Crippen molar-refractivity contribution in [2.24, 2.45) is 0 Å². The van der Waals surface area contributed by atoms with E-state index in [0.717, 1.165) is 12.2 Å². The molecule has 0 radical (unpaired) electrons. The van der Waals surface area contributed by atoms with Crippen LogP contribution >= 0.6 is 0 Å². The third-order valence-electron chi connectivity index (χ3n) is 5.42. The van der Waals surface area contributed by atoms with Gasteiger partial charge in [-0.25, -0.2) is 0 Å². The molecule has 0 heterocycles. The van der Waals surface area contributed by atoms with Gasteiger partial charge in [0.1, 0.15) is 5.75 Å². The topological polar surface area (TPSA) is 9.23 Å². The molecule has 0 fully saturated rings. The largest absolute Gasteiger partial charge is 0.496 e. The highest BCUT2D eigenvalue weighted by molar-refractivity contribution is 5.96. The first-order chi connectivity index (χ1) is 13.4. The van der Waals surface area contributed by atoms with E-state index in [1.807, 2.05) is 0 Å². The number of fused-ring (bicyclic) bond motifs is 3. The van der Waals surface area contributed by atoms with Gasteiger partial charge in [-0.3, -0.25) is 0 Å². The molecule has 0 saturated carbocycles. The van der Waals surface area contributed by atoms with Crippen LogP contribution in [0.5, 0.6) is 5.75 Å². The highest BCUT2D eigenvalue weighted by Crippen LogP contribution is 2.50. The molecule has 0 atom stereocenters. The van der Waals surface area contributed by atoms with Crippen molar-refractivity contribution in [3.8, 4) is 39.1 Å². The molecule has 0 aliphatic heterocycles. The minimum absolute atomic E-state index is 0.937. The lowest BCUT2D eigenvalue weighted by Gasteiger charge is -2.19. The molecule has 4 aromatic rings. The zero-order valence-corrected chi connectivity index (χ0v) is 15.3. The van der Waals surface area contributed by atoms with Gasteiger partial charge in [-0.1, -0.05) is 84.9 Å². The van der Waals surface area contributed by atoms with Crippen molar-refractivity contribution in [1.82, 2.24) is 0 Å². The monoisotopic (exact) mass is 348 g/mol. The van der Waals surface area contributed by atoms with Crippen molar-refractivity contribution in [1.29, 1.82) is 0 Å². The summed E-state index contributed by atoms with van der Waals surface area (Å²) in [5, 5.41) is 0. The van der Waals surface area contributed by atoms with Gasteiger partial charge in [-0.05, 0) is 51.4 Å². The van der Waals surface area contributed by atoms with Crippen LogP contribution in [0.4, 0.5) is 0 Å². The summed E-state index contributed by atoms with van der Waals surface area (Å²) in [5.74, 6) is 0.952. The lowest BCUT2D eigenvalue weighted by molar-refractivity contribution is 0.416. The fourth-order valence-corrected chi connectivity index (χ4v) is 4.23. The van der Waals surface area contributed by atoms with E-state index in [1.165, 1.54) is 44.5 Å². The van der Waals surface area contributed by atoms with E-state index in [1.54, 1.807) is 7.11 Å². The maximum absolute atomic E-state index is 5.87. The van der Waals surface area contributed by atoms with Crippen LogP contribution in [-0.2, 0) is 6.42 Å². The van der Waals surface area contributed by atoms with Gasteiger partial charge in [-0.15, -0.1) is 0 Å². The third-order valence-corrected chi connectivity index (χ3v) is 5.42. The van der Waals surface area contributed by atoms with Crippen molar-refractivity contribution >= 4 is 0 Å². The minimum Gasteiger partial charge on any atom is -0.496 e. The SMILES string of the molecule is COc1cc(-c2ccccc2)c(-c2ccccc2)c2c1-c1ccccc1C2. The first kappa shape index (κ1) is 15.9. The fraction of sp³-hybridized carbons (Fsp3) is 0.0769. The smallest absolute Gasteiger partial charge is 0.127 e. The van der Waals surface area contributed by atoms with E-state index in [4.69, 9.17) is 4.74 Å². The average Bonchev–Trinajstić information content (AvgIpc) is 3.13. The number of hydrogen-bond donors (Lipinski definition) is 0. The summed E-state index contributed by atoms with van der Waals surface area (Å²) >= 11 is 0. The Labute approximate surface area is 159 Å². The fourth-order valence-electron chi connectivity index (χ4n) is 4.23. The Morgan fingerprint density at radius 3 is 1.96 bits per heavy atom. The normalized spacial score (nSPS) is 11.7. The van der Waals surface area contributed by atoms with Crippen molar-refractivity contribution in [3.05, 3.63) is 102 Å². The molecule has 0 saturated heterocycles. The number of methoxy groups -OCH3 is 1. The molecule has 5 rings (SSSR count). The number of benzene rings is 4. The second-order valence-electron chi connectivity index (χ2n) is 6.92. The summed E-state index contributed by atoms with van der Waals surface area (Å²) < 4.78 is 5.87. The van der Waals surface area contributed by atoms with Crippen LogP contribution in [0, 0.1) is 0 Å². The molecule has 4 aromatic carbocycles. The summed E-state index contributed by atoms with van der Waals surface area (Å²) in [5.41, 5.74) is 10.3. The Morgan fingerprint density at radius 1 is 0.630 bits per heavy atom. The van der Waals surface area contributed by atoms with Gasteiger partial charge in [0.15, 0.2) is 0 Å². The predicted molar refractivity (Wildman–Crippen MR) is 112 cm³/mol. The maximum atomic E-state index is 5.87. The Balaban J connectivity index is 1.88. The van der Waals surface area contributed by atoms with E-state index in [0.29, 0.717) is 0 Å². The van der Waals surface area contributed by atoms with E-state index >= 15 is 0 Å². The van der Waals surface area contributed by atoms with Gasteiger partial charge in [0.25, 0.3) is 0 Å². The van der Waals surface area contributed by atoms with Gasteiger partial charge >= 0.3 is 0 Å². The van der Waals surface area contributed by atoms with Crippen LogP contribution in [0.2, 0.25) is 0 Å². The lowest BCUT2D eigenvalue weighted by atomic mass is 9.87. The quantitative estimate of drug-likeness (QED) is 0.357. The average molecular weight is 348 g/mol. The molecular weight excluding hydrogens is 328 g/mol. The molecule has 1 aliphatic rings. The Bertz CT molecular complexity index is 1110. The molecule has 0 amide bonds. The zero-order valence-electron chi connectivity index (χ0n) is 15.3. The maximum Gasteiger partial charge on any atom is 0.127 e. The summed E-state index contributed by atoms with van der Waals surface area (Å²) in [7, 11) is 1.77. The van der Waals surface area contributed by atoms with Crippen LogP contribution in [0.15, 0.2) is 91.0 Å². The molecule has 27 heavy (non-hydrogen) atoms. The lowest BCUT2D eigenvalue weighted by Crippen LogP contribution is -1.96. The van der Waals surface area contributed by atoms with Crippen LogP contribution in [0.25, 0.3) is 33.4 Å². The second kappa shape index (κ2) is 6.44. The van der Waals surface area contributed by atoms with Gasteiger partial charge in [0.2, 0.25) is 0 Å². The molecule has 130 valence electrons. The standard InChI is InChI=1S/C26H20O/c1-27-24-17-22(18-10-4-2-5-11-18)25(19-12-6-3-7-13-19)23-16-20-14-8-9-15-21(20)26(23)24/h2-15,17H,16H2,1H3. The first-order valence-electron chi connectivity index (χ1n) is 9.30. The van der Waals surface area contributed by atoms with Crippen molar-refractivity contribution < 1.29 is 4.74 Å². The molecule has 1 nitrogen and oxygen atoms in total. The van der Waals surface area contributed by atoms with E-state index in [9.17, 15) is 0 Å². The summed E-state index contributed by atoms with van der Waals surface area (Å²) in [6.07, 6.45) is 0.937. The van der Waals surface area contributed by atoms with Crippen molar-refractivity contribution in [2.45, 2.75) is 6.42 Å². The van der Waals surface area contributed by atoms with Crippen LogP contribution in [-0.4, -0.2) is 7.11 Å². The highest BCUT2D eigenvalue weighted by Gasteiger charge is 2.27. The molecular formula is C26H20O. The van der Waals surface area contributed by atoms with Crippen LogP contribution in [0.1, 0.15) is 11.1 Å². The molecule has 0 N–H and O–H groups in total. The van der Waals surface area contributed by atoms with Gasteiger partial charge in [0.05, 0.1) is 7.11 Å². The number of rotatable bonds is 3. The first-order valence-corrected chi connectivity index (χ1v) is 9.30. The minimum atomic E-state index is 0.937. The second-order valence-corrected chi connectivity index (χ2v) is 6.92. The van der Waals surface area contributed by atoms with Crippen LogP contribution in [0.3, 0.4) is 0 Å². The van der Waals surface area contributed by atoms with Gasteiger partial charge < -0.3 is 4.74 Å². The van der Waals surface area contributed by atoms with E-state index in [-0.39, 0.29) is 0 Å². The van der Waals surface area contributed by atoms with Crippen LogP contribution < -0.4 is 4.74 Å². The predicted octanol–water partition coefficient (Wildman–Crippen LogP) is 6.60. The number of hydrogen-bond acceptors (Lipinski definition) is 1. The summed E-state index contributed by atoms with van der Waals surface area (Å²) in [6, 6.07) is 32.2. The van der Waals surface area contributed by atoms with Crippen molar-refractivity contribution in [2.75, 3.05) is 7.11 Å². The Morgan fingerprint density at radius 2 is 1.26 bits per heavy atom. The molecule has 0 spiro atoms. The van der Waals surface area contributed by atoms with E-state index in [2.05, 4.69) is 91.0 Å². The Kier molecular flexibility index (Phi) is 3.79. The molecule has 1 heteroatoms. The summed E-state index contributed by atoms with van der Waals surface area (Å²) in [6.45, 7) is 0. The van der Waals surface area contributed by atoms with Crippen molar-refractivity contribution in [3.63, 3.8) is 0 Å². The van der Waals surface area contributed by atoms with Gasteiger partial charge in [0, 0.05) is 5.56 Å². The highest BCUT2D eigenvalue weighted by atomic mass is 16.5. The molecule has 0 unspecified atom stereocenters.